The highest BCUT2D eigenvalue weighted by Gasteiger charge is 2.30. The summed E-state index contributed by atoms with van der Waals surface area (Å²) in [5.41, 5.74) is 2.57. The molecule has 4 nitrogen and oxygen atoms in total. The monoisotopic (exact) mass is 226 g/mol. The van der Waals surface area contributed by atoms with Crippen molar-refractivity contribution in [1.29, 1.82) is 5.26 Å². The number of nitriles is 1. The summed E-state index contributed by atoms with van der Waals surface area (Å²) in [6, 6.07) is 5.55. The normalized spacial score (nSPS) is 13.6. The number of nitrogens with one attached hydrogen (secondary N) is 1. The highest BCUT2D eigenvalue weighted by Crippen LogP contribution is 2.29. The van der Waals surface area contributed by atoms with E-state index < -0.39 is 11.7 Å². The maximum Gasteiger partial charge on any atom is 0.296 e. The van der Waals surface area contributed by atoms with Crippen molar-refractivity contribution in [2.24, 2.45) is 0 Å². The first-order valence-electron chi connectivity index (χ1n) is 5.18. The molecule has 1 heterocycles. The molecule has 0 fully saturated rings. The Labute approximate surface area is 98.6 Å². The zero-order chi connectivity index (χ0) is 12.4. The Balaban J connectivity index is 2.53. The van der Waals surface area contributed by atoms with Crippen molar-refractivity contribution in [2.45, 2.75) is 13.3 Å². The standard InChI is InChI=1S/C13H10N2O2/c1-8-5-6-10-11(12(16)13(17)15-10)9(8)4-2-3-7-14/h2,4-6H,3H2,1H3,(H,15,16,17). The van der Waals surface area contributed by atoms with Gasteiger partial charge in [-0.1, -0.05) is 18.2 Å². The number of Topliss-reactive ketones (excluding diaryl/α,β-unsaturated/α-hetero) is 1. The molecule has 0 radical (unpaired) electrons. The van der Waals surface area contributed by atoms with E-state index in [1.807, 2.05) is 19.1 Å². The predicted octanol–water partition coefficient (Wildman–Crippen LogP) is 2.06. The van der Waals surface area contributed by atoms with E-state index in [2.05, 4.69) is 5.32 Å². The van der Waals surface area contributed by atoms with Crippen LogP contribution in [0, 0.1) is 18.3 Å². The lowest BCUT2D eigenvalue weighted by Crippen LogP contribution is -2.13. The van der Waals surface area contributed by atoms with Crippen LogP contribution in [-0.4, -0.2) is 11.7 Å². The lowest BCUT2D eigenvalue weighted by atomic mass is 9.98. The summed E-state index contributed by atoms with van der Waals surface area (Å²) >= 11 is 0. The Hall–Kier alpha value is -2.41. The molecule has 0 unspecified atom stereocenters. The van der Waals surface area contributed by atoms with Crippen LogP contribution in [0.3, 0.4) is 0 Å². The Morgan fingerprint density at radius 3 is 2.88 bits per heavy atom. The number of benzene rings is 1. The highest BCUT2D eigenvalue weighted by molar-refractivity contribution is 6.52. The van der Waals surface area contributed by atoms with E-state index in [1.165, 1.54) is 0 Å². The molecular formula is C13H10N2O2. The Morgan fingerprint density at radius 1 is 1.41 bits per heavy atom. The molecule has 2 rings (SSSR count). The van der Waals surface area contributed by atoms with Gasteiger partial charge >= 0.3 is 0 Å². The third-order valence-corrected chi connectivity index (χ3v) is 2.64. The summed E-state index contributed by atoms with van der Waals surface area (Å²) in [6.07, 6.45) is 3.67. The van der Waals surface area contributed by atoms with Crippen molar-refractivity contribution in [2.75, 3.05) is 5.32 Å². The van der Waals surface area contributed by atoms with Crippen LogP contribution in [0.15, 0.2) is 18.2 Å². The van der Waals surface area contributed by atoms with Gasteiger partial charge in [-0.25, -0.2) is 0 Å². The van der Waals surface area contributed by atoms with Gasteiger partial charge in [0.1, 0.15) is 0 Å². The van der Waals surface area contributed by atoms with E-state index in [-0.39, 0.29) is 6.42 Å². The number of fused-ring (bicyclic) bond motifs is 1. The highest BCUT2D eigenvalue weighted by atomic mass is 16.2. The number of rotatable bonds is 2. The van der Waals surface area contributed by atoms with Crippen molar-refractivity contribution in [1.82, 2.24) is 0 Å². The topological polar surface area (TPSA) is 70.0 Å². The number of carbonyl (C=O) groups excluding carboxylic acids is 2. The number of allylic oxidation sites excluding steroid dienone is 1. The first kappa shape index (κ1) is 11.1. The van der Waals surface area contributed by atoms with Crippen LogP contribution in [0.4, 0.5) is 5.69 Å². The minimum absolute atomic E-state index is 0.276. The van der Waals surface area contributed by atoms with E-state index in [4.69, 9.17) is 5.26 Å². The summed E-state index contributed by atoms with van der Waals surface area (Å²) in [7, 11) is 0. The van der Waals surface area contributed by atoms with Crippen LogP contribution < -0.4 is 5.32 Å². The Morgan fingerprint density at radius 2 is 2.18 bits per heavy atom. The fraction of sp³-hybridized carbons (Fsp3) is 0.154. The van der Waals surface area contributed by atoms with Crippen molar-refractivity contribution in [3.8, 4) is 6.07 Å². The zero-order valence-corrected chi connectivity index (χ0v) is 9.28. The first-order chi connectivity index (χ1) is 8.15. The summed E-state index contributed by atoms with van der Waals surface area (Å²) < 4.78 is 0. The van der Waals surface area contributed by atoms with Crippen LogP contribution in [0.2, 0.25) is 0 Å². The molecule has 84 valence electrons. The number of ketones is 1. The second kappa shape index (κ2) is 4.22. The van der Waals surface area contributed by atoms with E-state index >= 15 is 0 Å². The Kier molecular flexibility index (Phi) is 2.75. The molecule has 0 spiro atoms. The van der Waals surface area contributed by atoms with Gasteiger partial charge in [0.2, 0.25) is 0 Å². The maximum atomic E-state index is 11.7. The fourth-order valence-electron chi connectivity index (χ4n) is 1.81. The molecule has 17 heavy (non-hydrogen) atoms. The van der Waals surface area contributed by atoms with Gasteiger partial charge < -0.3 is 5.32 Å². The molecule has 0 aliphatic carbocycles. The summed E-state index contributed by atoms with van der Waals surface area (Å²) in [4.78, 5) is 23.0. The van der Waals surface area contributed by atoms with Crippen LogP contribution in [-0.2, 0) is 4.79 Å². The summed E-state index contributed by atoms with van der Waals surface area (Å²) in [6.45, 7) is 1.86. The van der Waals surface area contributed by atoms with Gasteiger partial charge in [-0.15, -0.1) is 0 Å². The molecule has 1 aliphatic rings. The van der Waals surface area contributed by atoms with Crippen molar-refractivity contribution in [3.63, 3.8) is 0 Å². The number of hydrogen-bond donors (Lipinski definition) is 1. The molecule has 1 amide bonds. The molecular weight excluding hydrogens is 216 g/mol. The molecule has 0 saturated carbocycles. The fourth-order valence-corrected chi connectivity index (χ4v) is 1.81. The SMILES string of the molecule is Cc1ccc2c(c1C=CCC#N)C(=O)C(=O)N2. The van der Waals surface area contributed by atoms with Gasteiger partial charge in [0, 0.05) is 0 Å². The lowest BCUT2D eigenvalue weighted by Gasteiger charge is -2.05. The molecule has 0 atom stereocenters. The molecule has 0 aromatic heterocycles. The third kappa shape index (κ3) is 1.83. The van der Waals surface area contributed by atoms with Crippen LogP contribution >= 0.6 is 0 Å². The number of carbonyl (C=O) groups is 2. The van der Waals surface area contributed by atoms with Crippen molar-refractivity contribution in [3.05, 3.63) is 34.9 Å². The van der Waals surface area contributed by atoms with Gasteiger partial charge in [0.05, 0.1) is 23.7 Å². The molecule has 1 aliphatic heterocycles. The predicted molar refractivity (Wildman–Crippen MR) is 63.4 cm³/mol. The summed E-state index contributed by atoms with van der Waals surface area (Å²) in [5, 5.41) is 11.0. The smallest absolute Gasteiger partial charge is 0.296 e. The average molecular weight is 226 g/mol. The number of aryl methyl sites for hydroxylation is 1. The van der Waals surface area contributed by atoms with Crippen molar-refractivity contribution >= 4 is 23.5 Å². The lowest BCUT2D eigenvalue weighted by molar-refractivity contribution is -0.112. The van der Waals surface area contributed by atoms with Crippen LogP contribution in [0.5, 0.6) is 0 Å². The average Bonchev–Trinajstić information content (AvgIpc) is 2.59. The number of anilines is 1. The number of nitrogens with zero attached hydrogens (tertiary/aromatic N) is 1. The van der Waals surface area contributed by atoms with Crippen LogP contribution in [0.25, 0.3) is 6.08 Å². The first-order valence-corrected chi connectivity index (χ1v) is 5.18. The maximum absolute atomic E-state index is 11.7. The van der Waals surface area contributed by atoms with Crippen LogP contribution in [0.1, 0.15) is 27.9 Å². The minimum Gasteiger partial charge on any atom is -0.318 e. The van der Waals surface area contributed by atoms with Gasteiger partial charge in [0.15, 0.2) is 0 Å². The third-order valence-electron chi connectivity index (χ3n) is 2.64. The van der Waals surface area contributed by atoms with Crippen molar-refractivity contribution < 1.29 is 9.59 Å². The minimum atomic E-state index is -0.597. The second-order valence-electron chi connectivity index (χ2n) is 3.77. The van der Waals surface area contributed by atoms with Gasteiger partial charge in [-0.2, -0.15) is 5.26 Å². The van der Waals surface area contributed by atoms with Gasteiger partial charge in [-0.3, -0.25) is 9.59 Å². The Bertz CT molecular complexity index is 580. The molecule has 1 aromatic rings. The largest absolute Gasteiger partial charge is 0.318 e. The molecule has 0 bridgehead atoms. The molecule has 4 heteroatoms. The molecule has 0 saturated heterocycles. The summed E-state index contributed by atoms with van der Waals surface area (Å²) in [5.74, 6) is -1.11. The second-order valence-corrected chi connectivity index (χ2v) is 3.77. The van der Waals surface area contributed by atoms with E-state index in [1.54, 1.807) is 18.2 Å². The quantitative estimate of drug-likeness (QED) is 0.784. The van der Waals surface area contributed by atoms with Gasteiger partial charge in [0.25, 0.3) is 11.7 Å². The van der Waals surface area contributed by atoms with E-state index in [9.17, 15) is 9.59 Å². The van der Waals surface area contributed by atoms with E-state index in [0.717, 1.165) is 5.56 Å². The van der Waals surface area contributed by atoms with E-state index in [0.29, 0.717) is 16.8 Å². The zero-order valence-electron chi connectivity index (χ0n) is 9.28. The molecule has 1 N–H and O–H groups in total. The number of amides is 1. The molecule has 1 aromatic carbocycles. The van der Waals surface area contributed by atoms with Gasteiger partial charge in [-0.05, 0) is 24.1 Å². The number of hydrogen-bond acceptors (Lipinski definition) is 3.